The van der Waals surface area contributed by atoms with E-state index in [1.807, 2.05) is 0 Å². The van der Waals surface area contributed by atoms with Gasteiger partial charge >= 0.3 is 0 Å². The Bertz CT molecular complexity index is 739. The Kier molecular flexibility index (Phi) is 6.67. The van der Waals surface area contributed by atoms with Crippen LogP contribution in [0, 0.1) is 0 Å². The zero-order chi connectivity index (χ0) is 18.3. The largest absolute Gasteiger partial charge is 0.0588 e. The first-order valence-corrected chi connectivity index (χ1v) is 11.6. The van der Waals surface area contributed by atoms with E-state index in [1.165, 1.54) is 96.3 Å². The van der Waals surface area contributed by atoms with Gasteiger partial charge in [0.05, 0.1) is 0 Å². The van der Waals surface area contributed by atoms with E-state index in [9.17, 15) is 0 Å². The quantitative estimate of drug-likeness (QED) is 0.467. The Morgan fingerprint density at radius 3 is 1.33 bits per heavy atom. The van der Waals surface area contributed by atoms with Gasteiger partial charge in [0.1, 0.15) is 0 Å². The van der Waals surface area contributed by atoms with Gasteiger partial charge in [-0.25, -0.2) is 0 Å². The number of benzene rings is 2. The van der Waals surface area contributed by atoms with Gasteiger partial charge in [0, 0.05) is 0 Å². The van der Waals surface area contributed by atoms with Crippen molar-refractivity contribution in [2.45, 2.75) is 96.3 Å². The van der Waals surface area contributed by atoms with E-state index in [0.717, 1.165) is 0 Å². The number of rotatable bonds is 0. The van der Waals surface area contributed by atoms with Crippen molar-refractivity contribution < 1.29 is 0 Å². The summed E-state index contributed by atoms with van der Waals surface area (Å²) in [6.07, 6.45) is 19.8. The van der Waals surface area contributed by atoms with E-state index in [-0.39, 0.29) is 0 Å². The Morgan fingerprint density at radius 1 is 0.333 bits per heavy atom. The van der Waals surface area contributed by atoms with Crippen LogP contribution in [0.3, 0.4) is 0 Å². The van der Waals surface area contributed by atoms with Gasteiger partial charge in [-0.2, -0.15) is 0 Å². The van der Waals surface area contributed by atoms with E-state index in [2.05, 4.69) is 36.4 Å². The highest BCUT2D eigenvalue weighted by Gasteiger charge is 2.08. The van der Waals surface area contributed by atoms with Crippen LogP contribution in [0.1, 0.15) is 91.2 Å². The molecule has 2 aromatic carbocycles. The highest BCUT2D eigenvalue weighted by atomic mass is 14.1. The topological polar surface area (TPSA) is 0 Å². The van der Waals surface area contributed by atoms with Crippen LogP contribution >= 0.6 is 0 Å². The summed E-state index contributed by atoms with van der Waals surface area (Å²) in [4.78, 5) is 0. The molecule has 0 atom stereocenters. The van der Waals surface area contributed by atoms with E-state index in [1.54, 1.807) is 33.4 Å². The summed E-state index contributed by atoms with van der Waals surface area (Å²) < 4.78 is 0. The maximum Gasteiger partial charge on any atom is -0.0276 e. The lowest BCUT2D eigenvalue weighted by Gasteiger charge is -2.13. The molecule has 0 amide bonds. The van der Waals surface area contributed by atoms with Crippen molar-refractivity contribution >= 4 is 0 Å². The fraction of sp³-hybridized carbons (Fsp3) is 0.556. The van der Waals surface area contributed by atoms with Gasteiger partial charge in [0.15, 0.2) is 0 Å². The Morgan fingerprint density at radius 2 is 0.778 bits per heavy atom. The average molecular weight is 361 g/mol. The molecule has 2 aliphatic rings. The fourth-order valence-corrected chi connectivity index (χ4v) is 5.06. The van der Waals surface area contributed by atoms with Crippen LogP contribution in [-0.4, -0.2) is 0 Å². The van der Waals surface area contributed by atoms with Crippen LogP contribution < -0.4 is 0 Å². The summed E-state index contributed by atoms with van der Waals surface area (Å²) in [7, 11) is 0. The fourth-order valence-electron chi connectivity index (χ4n) is 5.06. The number of hydrogen-bond acceptors (Lipinski definition) is 0. The maximum atomic E-state index is 2.56. The van der Waals surface area contributed by atoms with Crippen molar-refractivity contribution in [3.8, 4) is 0 Å². The van der Waals surface area contributed by atoms with Crippen LogP contribution in [0.2, 0.25) is 0 Å². The maximum absolute atomic E-state index is 2.56. The number of fused-ring (bicyclic) bond motifs is 7. The van der Waals surface area contributed by atoms with Crippen molar-refractivity contribution in [2.75, 3.05) is 0 Å². The lowest BCUT2D eigenvalue weighted by Crippen LogP contribution is -1.99. The molecule has 2 aromatic rings. The standard InChI is InChI=1S/C27H36/c1-4-10-22-16-17-26-14-8-2-6-12-24-18-23(11-5-1)19-25(20-24)13-7-3-9-15-27(26)21-22/h16-21H,1-15H2. The van der Waals surface area contributed by atoms with Crippen molar-refractivity contribution in [3.05, 3.63) is 69.8 Å². The number of aryl methyl sites for hydroxylation is 6. The van der Waals surface area contributed by atoms with Gasteiger partial charge in [0.25, 0.3) is 0 Å². The molecule has 5 bridgehead atoms. The molecular weight excluding hydrogens is 324 g/mol. The third-order valence-corrected chi connectivity index (χ3v) is 6.64. The van der Waals surface area contributed by atoms with Gasteiger partial charge in [-0.15, -0.1) is 0 Å². The zero-order valence-corrected chi connectivity index (χ0v) is 17.1. The summed E-state index contributed by atoms with van der Waals surface area (Å²) in [5.74, 6) is 0. The van der Waals surface area contributed by atoms with Crippen molar-refractivity contribution in [3.63, 3.8) is 0 Å². The van der Waals surface area contributed by atoms with Gasteiger partial charge in [0.2, 0.25) is 0 Å². The molecule has 0 heterocycles. The molecule has 2 aliphatic carbocycles. The first-order chi connectivity index (χ1) is 13.4. The second-order valence-electron chi connectivity index (χ2n) is 8.94. The molecule has 4 rings (SSSR count). The minimum atomic E-state index is 1.26. The normalized spacial score (nSPS) is 19.1. The lowest BCUT2D eigenvalue weighted by molar-refractivity contribution is 0.661. The van der Waals surface area contributed by atoms with E-state index in [4.69, 9.17) is 0 Å². The summed E-state index contributed by atoms with van der Waals surface area (Å²) in [6.45, 7) is 0. The molecule has 0 unspecified atom stereocenters. The van der Waals surface area contributed by atoms with E-state index >= 15 is 0 Å². The molecule has 0 spiro atoms. The Hall–Kier alpha value is -1.56. The monoisotopic (exact) mass is 360 g/mol. The third kappa shape index (κ3) is 5.47. The molecule has 0 N–H and O–H groups in total. The molecule has 0 heteroatoms. The molecule has 144 valence electrons. The van der Waals surface area contributed by atoms with Crippen molar-refractivity contribution in [1.29, 1.82) is 0 Å². The molecule has 0 aromatic heterocycles. The predicted octanol–water partition coefficient (Wildman–Crippen LogP) is 7.18. The van der Waals surface area contributed by atoms with Crippen LogP contribution in [0.15, 0.2) is 36.4 Å². The Labute approximate surface area is 166 Å². The molecule has 0 radical (unpaired) electrons. The van der Waals surface area contributed by atoms with Crippen molar-refractivity contribution in [2.24, 2.45) is 0 Å². The second-order valence-corrected chi connectivity index (χ2v) is 8.94. The van der Waals surface area contributed by atoms with Crippen LogP contribution in [-0.2, 0) is 38.5 Å². The molecular formula is C27H36. The summed E-state index contributed by atoms with van der Waals surface area (Å²) in [6, 6.07) is 15.0. The van der Waals surface area contributed by atoms with Gasteiger partial charge < -0.3 is 0 Å². The van der Waals surface area contributed by atoms with Crippen LogP contribution in [0.4, 0.5) is 0 Å². The van der Waals surface area contributed by atoms with Crippen molar-refractivity contribution in [1.82, 2.24) is 0 Å². The molecule has 0 aliphatic heterocycles. The first kappa shape index (κ1) is 18.8. The minimum Gasteiger partial charge on any atom is -0.0588 e. The van der Waals surface area contributed by atoms with Gasteiger partial charge in [-0.1, -0.05) is 55.7 Å². The third-order valence-electron chi connectivity index (χ3n) is 6.64. The highest BCUT2D eigenvalue weighted by Crippen LogP contribution is 2.23. The van der Waals surface area contributed by atoms with E-state index in [0.29, 0.717) is 0 Å². The van der Waals surface area contributed by atoms with E-state index < -0.39 is 0 Å². The molecule has 0 saturated carbocycles. The molecule has 27 heavy (non-hydrogen) atoms. The summed E-state index contributed by atoms with van der Waals surface area (Å²) >= 11 is 0. The van der Waals surface area contributed by atoms with Gasteiger partial charge in [-0.3, -0.25) is 0 Å². The zero-order valence-electron chi connectivity index (χ0n) is 17.1. The summed E-state index contributed by atoms with van der Waals surface area (Å²) in [5.41, 5.74) is 9.69. The van der Waals surface area contributed by atoms with Crippen LogP contribution in [0.25, 0.3) is 0 Å². The van der Waals surface area contributed by atoms with Gasteiger partial charge in [-0.05, 0) is 110 Å². The van der Waals surface area contributed by atoms with Crippen LogP contribution in [0.5, 0.6) is 0 Å². The predicted molar refractivity (Wildman–Crippen MR) is 117 cm³/mol. The smallest absolute Gasteiger partial charge is 0.0276 e. The molecule has 0 fully saturated rings. The second kappa shape index (κ2) is 9.58. The molecule has 0 saturated heterocycles. The minimum absolute atomic E-state index is 1.26. The highest BCUT2D eigenvalue weighted by molar-refractivity contribution is 5.33. The lowest BCUT2D eigenvalue weighted by atomic mass is 9.93. The summed E-state index contributed by atoms with van der Waals surface area (Å²) in [5, 5.41) is 0. The first-order valence-electron chi connectivity index (χ1n) is 11.6. The SMILES string of the molecule is c1cc2c3cc1CCCCCc1cc(cc(c1)CCCCC3)CCCCC2. The molecule has 0 nitrogen and oxygen atoms in total. The Balaban J connectivity index is 1.63. The number of hydrogen-bond donors (Lipinski definition) is 0. The average Bonchev–Trinajstić information content (AvgIpc) is 2.67.